The Morgan fingerprint density at radius 1 is 1.13 bits per heavy atom. The Labute approximate surface area is 92.1 Å². The van der Waals surface area contributed by atoms with Crippen molar-refractivity contribution in [1.82, 2.24) is 0 Å². The van der Waals surface area contributed by atoms with Crippen LogP contribution in [-0.4, -0.2) is 5.11 Å². The highest BCUT2D eigenvalue weighted by atomic mass is 16.3. The van der Waals surface area contributed by atoms with Gasteiger partial charge < -0.3 is 5.11 Å². The lowest BCUT2D eigenvalue weighted by atomic mass is 9.70. The molecule has 1 nitrogen and oxygen atoms in total. The number of phenolic OH excluding ortho intramolecular Hbond substituents is 1. The Morgan fingerprint density at radius 2 is 1.80 bits per heavy atom. The van der Waals surface area contributed by atoms with Crippen molar-refractivity contribution in [1.29, 1.82) is 0 Å². The summed E-state index contributed by atoms with van der Waals surface area (Å²) in [4.78, 5) is 0. The van der Waals surface area contributed by atoms with E-state index in [1.54, 1.807) is 0 Å². The number of aryl methyl sites for hydroxylation is 1. The summed E-state index contributed by atoms with van der Waals surface area (Å²) < 4.78 is 0. The Kier molecular flexibility index (Phi) is 2.72. The molecule has 0 radical (unpaired) electrons. The maximum absolute atomic E-state index is 9.95. The van der Waals surface area contributed by atoms with Gasteiger partial charge in [0, 0.05) is 5.56 Å². The van der Waals surface area contributed by atoms with E-state index in [-0.39, 0.29) is 5.41 Å². The molecule has 1 saturated carbocycles. The van der Waals surface area contributed by atoms with Crippen LogP contribution in [0.5, 0.6) is 5.75 Å². The normalized spacial score (nSPS) is 20.1. The molecule has 2 rings (SSSR count). The number of hydrogen-bond donors (Lipinski definition) is 1. The topological polar surface area (TPSA) is 20.2 Å². The number of phenols is 1. The predicted octanol–water partition coefficient (Wildman–Crippen LogP) is 3.92. The first kappa shape index (κ1) is 10.5. The second-order valence-corrected chi connectivity index (χ2v) is 5.14. The van der Waals surface area contributed by atoms with Gasteiger partial charge >= 0.3 is 0 Å². The van der Waals surface area contributed by atoms with E-state index >= 15 is 0 Å². The minimum Gasteiger partial charge on any atom is -0.508 e. The largest absolute Gasteiger partial charge is 0.508 e. The number of benzene rings is 1. The van der Waals surface area contributed by atoms with Crippen molar-refractivity contribution in [3.8, 4) is 5.75 Å². The van der Waals surface area contributed by atoms with Gasteiger partial charge in [0.15, 0.2) is 0 Å². The van der Waals surface area contributed by atoms with Crippen molar-refractivity contribution in [2.45, 2.75) is 51.4 Å². The van der Waals surface area contributed by atoms with Crippen LogP contribution in [0.15, 0.2) is 18.2 Å². The van der Waals surface area contributed by atoms with Crippen LogP contribution in [0, 0.1) is 6.92 Å². The van der Waals surface area contributed by atoms with Crippen LogP contribution in [0.25, 0.3) is 0 Å². The molecule has 1 N–H and O–H groups in total. The molecular formula is C14H20O. The average molecular weight is 204 g/mol. The Bertz CT molecular complexity index is 348. The molecule has 1 aliphatic rings. The van der Waals surface area contributed by atoms with Gasteiger partial charge in [-0.25, -0.2) is 0 Å². The summed E-state index contributed by atoms with van der Waals surface area (Å²) in [5.41, 5.74) is 2.60. The molecule has 15 heavy (non-hydrogen) atoms. The van der Waals surface area contributed by atoms with Crippen molar-refractivity contribution in [2.24, 2.45) is 0 Å². The Morgan fingerprint density at radius 3 is 2.47 bits per heavy atom. The molecule has 0 heterocycles. The van der Waals surface area contributed by atoms with Crippen LogP contribution in [0.2, 0.25) is 0 Å². The van der Waals surface area contributed by atoms with Crippen LogP contribution in [0.1, 0.15) is 50.2 Å². The number of hydrogen-bond acceptors (Lipinski definition) is 1. The first-order valence-electron chi connectivity index (χ1n) is 5.92. The van der Waals surface area contributed by atoms with E-state index in [1.807, 2.05) is 12.1 Å². The van der Waals surface area contributed by atoms with E-state index in [0.717, 1.165) is 5.56 Å². The number of rotatable bonds is 1. The third kappa shape index (κ3) is 2.01. The highest BCUT2D eigenvalue weighted by Crippen LogP contribution is 2.42. The van der Waals surface area contributed by atoms with E-state index in [0.29, 0.717) is 5.75 Å². The van der Waals surface area contributed by atoms with Gasteiger partial charge in [-0.3, -0.25) is 0 Å². The van der Waals surface area contributed by atoms with Gasteiger partial charge in [-0.2, -0.15) is 0 Å². The summed E-state index contributed by atoms with van der Waals surface area (Å²) >= 11 is 0. The van der Waals surface area contributed by atoms with E-state index in [4.69, 9.17) is 0 Å². The molecule has 0 bridgehead atoms. The molecule has 0 aliphatic heterocycles. The van der Waals surface area contributed by atoms with Crippen molar-refractivity contribution < 1.29 is 5.11 Å². The van der Waals surface area contributed by atoms with Gasteiger partial charge in [-0.05, 0) is 31.2 Å². The average Bonchev–Trinajstić information content (AvgIpc) is 2.23. The maximum atomic E-state index is 9.95. The highest BCUT2D eigenvalue weighted by Gasteiger charge is 2.30. The van der Waals surface area contributed by atoms with E-state index in [2.05, 4.69) is 19.9 Å². The van der Waals surface area contributed by atoms with Crippen molar-refractivity contribution in [3.05, 3.63) is 29.3 Å². The van der Waals surface area contributed by atoms with Gasteiger partial charge in [0.25, 0.3) is 0 Å². The molecule has 0 unspecified atom stereocenters. The zero-order valence-electron chi connectivity index (χ0n) is 9.71. The van der Waals surface area contributed by atoms with Crippen LogP contribution < -0.4 is 0 Å². The van der Waals surface area contributed by atoms with Gasteiger partial charge in [-0.1, -0.05) is 43.9 Å². The fourth-order valence-corrected chi connectivity index (χ4v) is 2.73. The zero-order chi connectivity index (χ0) is 10.9. The van der Waals surface area contributed by atoms with Crippen LogP contribution in [0.3, 0.4) is 0 Å². The summed E-state index contributed by atoms with van der Waals surface area (Å²) in [5, 5.41) is 9.95. The minimum absolute atomic E-state index is 0.203. The molecule has 1 aromatic carbocycles. The molecule has 0 aromatic heterocycles. The number of aromatic hydroxyl groups is 1. The Balaban J connectivity index is 2.38. The van der Waals surface area contributed by atoms with Crippen molar-refractivity contribution in [3.63, 3.8) is 0 Å². The lowest BCUT2D eigenvalue weighted by Crippen LogP contribution is -2.25. The van der Waals surface area contributed by atoms with E-state index in [1.165, 1.54) is 37.7 Å². The molecule has 1 fully saturated rings. The first-order chi connectivity index (χ1) is 7.12. The molecule has 0 spiro atoms. The van der Waals surface area contributed by atoms with Crippen LogP contribution >= 0.6 is 0 Å². The lowest BCUT2D eigenvalue weighted by molar-refractivity contribution is 0.308. The lowest BCUT2D eigenvalue weighted by Gasteiger charge is -2.34. The second-order valence-electron chi connectivity index (χ2n) is 5.14. The fraction of sp³-hybridized carbons (Fsp3) is 0.571. The van der Waals surface area contributed by atoms with Gasteiger partial charge in [0.2, 0.25) is 0 Å². The monoisotopic (exact) mass is 204 g/mol. The molecular weight excluding hydrogens is 184 g/mol. The fourth-order valence-electron chi connectivity index (χ4n) is 2.73. The standard InChI is InChI=1S/C14H20O/c1-11-6-7-13(15)12(10-11)14(2)8-4-3-5-9-14/h6-7,10,15H,3-5,8-9H2,1-2H3. The molecule has 82 valence electrons. The van der Waals surface area contributed by atoms with E-state index in [9.17, 15) is 5.11 Å². The summed E-state index contributed by atoms with van der Waals surface area (Å²) in [5.74, 6) is 0.477. The van der Waals surface area contributed by atoms with E-state index < -0.39 is 0 Å². The summed E-state index contributed by atoms with van der Waals surface area (Å²) in [7, 11) is 0. The molecule has 0 saturated heterocycles. The third-order valence-electron chi connectivity index (χ3n) is 3.76. The van der Waals surface area contributed by atoms with Crippen molar-refractivity contribution in [2.75, 3.05) is 0 Å². The Hall–Kier alpha value is -0.980. The first-order valence-corrected chi connectivity index (χ1v) is 5.92. The molecule has 1 aliphatic carbocycles. The van der Waals surface area contributed by atoms with Gasteiger partial charge in [0.05, 0.1) is 0 Å². The summed E-state index contributed by atoms with van der Waals surface area (Å²) in [6, 6.07) is 5.97. The summed E-state index contributed by atoms with van der Waals surface area (Å²) in [6.45, 7) is 4.38. The summed E-state index contributed by atoms with van der Waals surface area (Å²) in [6.07, 6.45) is 6.37. The SMILES string of the molecule is Cc1ccc(O)c(C2(C)CCCCC2)c1. The second kappa shape index (κ2) is 3.88. The highest BCUT2D eigenvalue weighted by molar-refractivity contribution is 5.41. The van der Waals surface area contributed by atoms with Crippen molar-refractivity contribution >= 4 is 0 Å². The third-order valence-corrected chi connectivity index (χ3v) is 3.76. The molecule has 0 atom stereocenters. The zero-order valence-corrected chi connectivity index (χ0v) is 9.71. The minimum atomic E-state index is 0.203. The maximum Gasteiger partial charge on any atom is 0.119 e. The quantitative estimate of drug-likeness (QED) is 0.735. The smallest absolute Gasteiger partial charge is 0.119 e. The predicted molar refractivity (Wildman–Crippen MR) is 63.3 cm³/mol. The molecule has 0 amide bonds. The van der Waals surface area contributed by atoms with Gasteiger partial charge in [0.1, 0.15) is 5.75 Å². The van der Waals surface area contributed by atoms with Crippen LogP contribution in [0.4, 0.5) is 0 Å². The van der Waals surface area contributed by atoms with Gasteiger partial charge in [-0.15, -0.1) is 0 Å². The van der Waals surface area contributed by atoms with Crippen LogP contribution in [-0.2, 0) is 5.41 Å². The molecule has 1 aromatic rings. The molecule has 1 heteroatoms.